The van der Waals surface area contributed by atoms with Crippen molar-refractivity contribution >= 4 is 15.9 Å². The molecule has 1 aromatic heterocycles. The molecule has 1 saturated heterocycles. The number of hydrogen-bond acceptors (Lipinski definition) is 4. The van der Waals surface area contributed by atoms with Gasteiger partial charge in [0.05, 0.1) is 12.7 Å². The number of aryl methyl sites for hydroxylation is 1. The molecule has 94 valence electrons. The molecule has 2 heterocycles. The molecule has 0 radical (unpaired) electrons. The van der Waals surface area contributed by atoms with E-state index < -0.39 is 10.0 Å². The van der Waals surface area contributed by atoms with Gasteiger partial charge >= 0.3 is 0 Å². The van der Waals surface area contributed by atoms with E-state index in [2.05, 4.69) is 15.3 Å². The maximum absolute atomic E-state index is 12.2. The zero-order valence-electron chi connectivity index (χ0n) is 9.43. The van der Waals surface area contributed by atoms with E-state index in [-0.39, 0.29) is 17.5 Å². The molecule has 0 saturated carbocycles. The van der Waals surface area contributed by atoms with Gasteiger partial charge < -0.3 is 10.3 Å². The van der Waals surface area contributed by atoms with Gasteiger partial charge in [0.15, 0.2) is 5.03 Å². The third kappa shape index (κ3) is 2.47. The van der Waals surface area contributed by atoms with Crippen LogP contribution in [0.25, 0.3) is 0 Å². The zero-order valence-corrected chi connectivity index (χ0v) is 10.2. The number of carbonyl (C=O) groups is 1. The zero-order chi connectivity index (χ0) is 12.5. The predicted molar refractivity (Wildman–Crippen MR) is 59.7 cm³/mol. The van der Waals surface area contributed by atoms with Gasteiger partial charge in [0, 0.05) is 13.1 Å². The predicted octanol–water partition coefficient (Wildman–Crippen LogP) is -0.771. The summed E-state index contributed by atoms with van der Waals surface area (Å²) in [6, 6.07) is 0. The Morgan fingerprint density at radius 3 is 2.88 bits per heavy atom. The summed E-state index contributed by atoms with van der Waals surface area (Å²) >= 11 is 0. The van der Waals surface area contributed by atoms with Crippen LogP contribution in [0.15, 0.2) is 11.2 Å². The Hall–Kier alpha value is -1.41. The van der Waals surface area contributed by atoms with Gasteiger partial charge in [-0.25, -0.2) is 13.4 Å². The number of sulfonamides is 1. The van der Waals surface area contributed by atoms with E-state index in [1.807, 2.05) is 0 Å². The number of hydrogen-bond donors (Lipinski definition) is 2. The van der Waals surface area contributed by atoms with Crippen LogP contribution in [0.2, 0.25) is 0 Å². The van der Waals surface area contributed by atoms with Crippen molar-refractivity contribution in [3.05, 3.63) is 12.0 Å². The van der Waals surface area contributed by atoms with E-state index in [0.29, 0.717) is 25.3 Å². The topological polar surface area (TPSA) is 95.2 Å². The van der Waals surface area contributed by atoms with E-state index >= 15 is 0 Å². The molecule has 0 bridgehead atoms. The monoisotopic (exact) mass is 258 g/mol. The molecule has 0 atom stereocenters. The first-order valence-corrected chi connectivity index (χ1v) is 6.72. The number of H-pyrrole nitrogens is 1. The van der Waals surface area contributed by atoms with Crippen LogP contribution in [0, 0.1) is 6.92 Å². The molecular weight excluding hydrogens is 244 g/mol. The normalized spacial score (nSPS) is 18.8. The highest BCUT2D eigenvalue weighted by molar-refractivity contribution is 7.89. The standard InChI is InChI=1S/C9H14N4O3S/c1-7-11-5-9(12-7)17(15,16)13-4-2-3-10-8(14)6-13/h5H,2-4,6H2,1H3,(H,10,14)(H,11,12). The van der Waals surface area contributed by atoms with Crippen molar-refractivity contribution in [3.8, 4) is 0 Å². The molecule has 1 fully saturated rings. The number of nitrogens with zero attached hydrogens (tertiary/aromatic N) is 2. The van der Waals surface area contributed by atoms with Gasteiger partial charge in [-0.15, -0.1) is 0 Å². The Kier molecular flexibility index (Phi) is 3.16. The minimum Gasteiger partial charge on any atom is -0.355 e. The second-order valence-electron chi connectivity index (χ2n) is 3.87. The van der Waals surface area contributed by atoms with Crippen molar-refractivity contribution in [2.75, 3.05) is 19.6 Å². The molecule has 2 rings (SSSR count). The molecule has 1 aliphatic heterocycles. The molecule has 1 aliphatic rings. The van der Waals surface area contributed by atoms with E-state index in [0.717, 1.165) is 0 Å². The maximum Gasteiger partial charge on any atom is 0.260 e. The van der Waals surface area contributed by atoms with Crippen LogP contribution >= 0.6 is 0 Å². The number of aromatic amines is 1. The minimum atomic E-state index is -3.64. The second kappa shape index (κ2) is 4.46. The van der Waals surface area contributed by atoms with Gasteiger partial charge in [0.1, 0.15) is 5.82 Å². The average Bonchev–Trinajstić information content (AvgIpc) is 2.57. The molecule has 0 unspecified atom stereocenters. The molecular formula is C9H14N4O3S. The summed E-state index contributed by atoms with van der Waals surface area (Å²) in [5, 5.41) is 2.66. The summed E-state index contributed by atoms with van der Waals surface area (Å²) in [6.45, 7) is 2.38. The minimum absolute atomic E-state index is 0.0321. The van der Waals surface area contributed by atoms with E-state index in [1.165, 1.54) is 10.5 Å². The van der Waals surface area contributed by atoms with Crippen LogP contribution in [0.4, 0.5) is 0 Å². The first kappa shape index (κ1) is 12.1. The molecule has 1 aromatic rings. The number of aromatic nitrogens is 2. The molecule has 7 nitrogen and oxygen atoms in total. The van der Waals surface area contributed by atoms with E-state index in [4.69, 9.17) is 0 Å². The van der Waals surface area contributed by atoms with Crippen LogP contribution < -0.4 is 5.32 Å². The first-order chi connectivity index (χ1) is 8.00. The summed E-state index contributed by atoms with van der Waals surface area (Å²) in [5.74, 6) is 0.255. The van der Waals surface area contributed by atoms with Crippen LogP contribution in [0.1, 0.15) is 12.2 Å². The third-order valence-corrected chi connectivity index (χ3v) is 4.28. The largest absolute Gasteiger partial charge is 0.355 e. The van der Waals surface area contributed by atoms with Crippen molar-refractivity contribution in [2.45, 2.75) is 18.4 Å². The Balaban J connectivity index is 2.28. The average molecular weight is 258 g/mol. The molecule has 0 spiro atoms. The Labute approximate surface area is 99.3 Å². The van der Waals surface area contributed by atoms with Crippen molar-refractivity contribution in [1.82, 2.24) is 19.6 Å². The lowest BCUT2D eigenvalue weighted by molar-refractivity contribution is -0.120. The van der Waals surface area contributed by atoms with Gasteiger partial charge in [-0.1, -0.05) is 0 Å². The Bertz CT molecular complexity index is 522. The summed E-state index contributed by atoms with van der Waals surface area (Å²) in [4.78, 5) is 17.9. The smallest absolute Gasteiger partial charge is 0.260 e. The van der Waals surface area contributed by atoms with Gasteiger partial charge in [-0.3, -0.25) is 4.79 Å². The number of imidazole rings is 1. The lowest BCUT2D eigenvalue weighted by atomic mass is 10.4. The first-order valence-electron chi connectivity index (χ1n) is 5.28. The summed E-state index contributed by atoms with van der Waals surface area (Å²) < 4.78 is 25.5. The molecule has 2 N–H and O–H groups in total. The maximum atomic E-state index is 12.2. The van der Waals surface area contributed by atoms with E-state index in [9.17, 15) is 13.2 Å². The third-order valence-electron chi connectivity index (χ3n) is 2.52. The van der Waals surface area contributed by atoms with Crippen molar-refractivity contribution in [1.29, 1.82) is 0 Å². The number of amides is 1. The Morgan fingerprint density at radius 2 is 2.24 bits per heavy atom. The molecule has 0 aromatic carbocycles. The summed E-state index contributed by atoms with van der Waals surface area (Å²) in [7, 11) is -3.64. The van der Waals surface area contributed by atoms with Crippen molar-refractivity contribution in [2.24, 2.45) is 0 Å². The fourth-order valence-corrected chi connectivity index (χ4v) is 3.05. The van der Waals surface area contributed by atoms with Gasteiger partial charge in [0.2, 0.25) is 5.91 Å². The van der Waals surface area contributed by atoms with Crippen LogP contribution in [0.3, 0.4) is 0 Å². The fraction of sp³-hybridized carbons (Fsp3) is 0.556. The van der Waals surface area contributed by atoms with Crippen molar-refractivity contribution < 1.29 is 13.2 Å². The van der Waals surface area contributed by atoms with Crippen LogP contribution in [0.5, 0.6) is 0 Å². The van der Waals surface area contributed by atoms with Crippen LogP contribution in [-0.2, 0) is 14.8 Å². The van der Waals surface area contributed by atoms with Gasteiger partial charge in [-0.05, 0) is 13.3 Å². The molecule has 0 aliphatic carbocycles. The van der Waals surface area contributed by atoms with Crippen molar-refractivity contribution in [3.63, 3.8) is 0 Å². The van der Waals surface area contributed by atoms with Gasteiger partial charge in [0.25, 0.3) is 10.0 Å². The van der Waals surface area contributed by atoms with Crippen LogP contribution in [-0.4, -0.2) is 48.2 Å². The summed E-state index contributed by atoms with van der Waals surface area (Å²) in [5.41, 5.74) is 0. The lowest BCUT2D eigenvalue weighted by Gasteiger charge is -2.17. The van der Waals surface area contributed by atoms with E-state index in [1.54, 1.807) is 6.92 Å². The number of carbonyl (C=O) groups excluding carboxylic acids is 1. The molecule has 17 heavy (non-hydrogen) atoms. The second-order valence-corrected chi connectivity index (χ2v) is 5.78. The highest BCUT2D eigenvalue weighted by atomic mass is 32.2. The quantitative estimate of drug-likeness (QED) is 0.728. The summed E-state index contributed by atoms with van der Waals surface area (Å²) in [6.07, 6.45) is 1.88. The molecule has 8 heteroatoms. The number of nitrogens with one attached hydrogen (secondary N) is 2. The molecule has 1 amide bonds. The highest BCUT2D eigenvalue weighted by Gasteiger charge is 2.29. The SMILES string of the molecule is Cc1ncc(S(=O)(=O)N2CCCNC(=O)C2)[nH]1. The lowest BCUT2D eigenvalue weighted by Crippen LogP contribution is -2.37. The number of rotatable bonds is 2. The Morgan fingerprint density at radius 1 is 1.47 bits per heavy atom. The highest BCUT2D eigenvalue weighted by Crippen LogP contribution is 2.14. The van der Waals surface area contributed by atoms with Gasteiger partial charge in [-0.2, -0.15) is 4.31 Å². The fourth-order valence-electron chi connectivity index (χ4n) is 1.65.